The van der Waals surface area contributed by atoms with Gasteiger partial charge in [-0.25, -0.2) is 19.8 Å². The molecule has 0 fully saturated rings. The van der Waals surface area contributed by atoms with E-state index in [1.54, 1.807) is 36.4 Å². The highest BCUT2D eigenvalue weighted by atomic mass is 32.2. The second-order valence-corrected chi connectivity index (χ2v) is 9.15. The third-order valence-corrected chi connectivity index (χ3v) is 6.74. The predicted molar refractivity (Wildman–Crippen MR) is 142 cm³/mol. The number of hydrogen-bond acceptors (Lipinski definition) is 11. The Morgan fingerprint density at radius 1 is 1.16 bits per heavy atom. The zero-order valence-corrected chi connectivity index (χ0v) is 20.8. The SMILES string of the molecule is [C-]#[N+]c1c(N)nc(SCc2csc(Nc3ccc(C#N)cc3)n2)c(C#N)c1-c1ccc(OCCO)nc1. The summed E-state index contributed by atoms with van der Waals surface area (Å²) in [5.41, 5.74) is 9.46. The van der Waals surface area contributed by atoms with E-state index in [9.17, 15) is 5.26 Å². The van der Waals surface area contributed by atoms with Crippen LogP contribution in [0.5, 0.6) is 5.88 Å². The van der Waals surface area contributed by atoms with Gasteiger partial charge < -0.3 is 20.9 Å². The number of ether oxygens (including phenoxy) is 1. The normalized spacial score (nSPS) is 10.2. The molecule has 12 heteroatoms. The highest BCUT2D eigenvalue weighted by Gasteiger charge is 2.21. The van der Waals surface area contributed by atoms with Crippen molar-refractivity contribution in [1.82, 2.24) is 15.0 Å². The molecule has 0 unspecified atom stereocenters. The fraction of sp³-hybridized carbons (Fsp3) is 0.120. The van der Waals surface area contributed by atoms with Crippen LogP contribution >= 0.6 is 23.1 Å². The lowest BCUT2D eigenvalue weighted by Crippen LogP contribution is -2.03. The zero-order valence-electron chi connectivity index (χ0n) is 19.2. The number of nitrogens with two attached hydrogens (primary N) is 1. The van der Waals surface area contributed by atoms with Crippen LogP contribution in [0.15, 0.2) is 53.0 Å². The molecule has 0 radical (unpaired) electrons. The highest BCUT2D eigenvalue weighted by molar-refractivity contribution is 7.98. The summed E-state index contributed by atoms with van der Waals surface area (Å²) >= 11 is 2.73. The Kier molecular flexibility index (Phi) is 8.14. The molecule has 37 heavy (non-hydrogen) atoms. The van der Waals surface area contributed by atoms with Crippen molar-refractivity contribution in [3.63, 3.8) is 0 Å². The van der Waals surface area contributed by atoms with Crippen molar-refractivity contribution in [2.75, 3.05) is 24.3 Å². The van der Waals surface area contributed by atoms with Gasteiger partial charge in [0.2, 0.25) is 11.6 Å². The van der Waals surface area contributed by atoms with Crippen LogP contribution in [0.25, 0.3) is 16.0 Å². The van der Waals surface area contributed by atoms with Crippen molar-refractivity contribution in [2.24, 2.45) is 0 Å². The molecule has 10 nitrogen and oxygen atoms in total. The topological polar surface area (TPSA) is 158 Å². The average Bonchev–Trinajstić information content (AvgIpc) is 3.38. The molecule has 0 aliphatic carbocycles. The molecule has 3 heterocycles. The molecule has 0 atom stereocenters. The van der Waals surface area contributed by atoms with E-state index in [0.29, 0.717) is 38.5 Å². The van der Waals surface area contributed by atoms with Gasteiger partial charge >= 0.3 is 0 Å². The second kappa shape index (κ2) is 11.8. The summed E-state index contributed by atoms with van der Waals surface area (Å²) in [6.45, 7) is 7.55. The zero-order chi connectivity index (χ0) is 26.2. The molecule has 4 rings (SSSR count). The number of benzene rings is 1. The number of nitriles is 2. The van der Waals surface area contributed by atoms with Gasteiger partial charge in [-0.15, -0.1) is 11.3 Å². The number of hydrogen-bond donors (Lipinski definition) is 3. The highest BCUT2D eigenvalue weighted by Crippen LogP contribution is 2.41. The van der Waals surface area contributed by atoms with Crippen LogP contribution in [0, 0.1) is 29.2 Å². The van der Waals surface area contributed by atoms with E-state index in [2.05, 4.69) is 37.3 Å². The Bertz CT molecular complexity index is 1530. The van der Waals surface area contributed by atoms with Crippen LogP contribution in [0.1, 0.15) is 16.8 Å². The lowest BCUT2D eigenvalue weighted by molar-refractivity contribution is 0.196. The lowest BCUT2D eigenvalue weighted by Gasteiger charge is -2.13. The maximum atomic E-state index is 9.98. The molecule has 0 saturated heterocycles. The lowest BCUT2D eigenvalue weighted by atomic mass is 10.0. The maximum Gasteiger partial charge on any atom is 0.237 e. The number of aromatic nitrogens is 3. The summed E-state index contributed by atoms with van der Waals surface area (Å²) in [4.78, 5) is 16.6. The molecule has 0 bridgehead atoms. The molecule has 1 aromatic carbocycles. The van der Waals surface area contributed by atoms with Crippen molar-refractivity contribution in [1.29, 1.82) is 10.5 Å². The van der Waals surface area contributed by atoms with Crippen molar-refractivity contribution in [2.45, 2.75) is 10.8 Å². The summed E-state index contributed by atoms with van der Waals surface area (Å²) in [5.74, 6) is 0.759. The smallest absolute Gasteiger partial charge is 0.237 e. The first-order chi connectivity index (χ1) is 18.1. The van der Waals surface area contributed by atoms with Gasteiger partial charge in [0.15, 0.2) is 5.13 Å². The number of nitrogen functional groups attached to an aromatic ring is 1. The fourth-order valence-corrected chi connectivity index (χ4v) is 4.99. The number of nitrogens with one attached hydrogen (secondary N) is 1. The van der Waals surface area contributed by atoms with Gasteiger partial charge in [0.05, 0.1) is 36.1 Å². The van der Waals surface area contributed by atoms with Crippen molar-refractivity contribution >= 4 is 45.4 Å². The molecule has 0 amide bonds. The van der Waals surface area contributed by atoms with E-state index in [1.165, 1.54) is 29.3 Å². The van der Waals surface area contributed by atoms with Gasteiger partial charge in [-0.05, 0) is 35.9 Å². The molecule has 0 aliphatic rings. The van der Waals surface area contributed by atoms with Crippen LogP contribution in [-0.2, 0) is 5.75 Å². The predicted octanol–water partition coefficient (Wildman–Crippen LogP) is 4.88. The quantitative estimate of drug-likeness (QED) is 0.203. The molecule has 4 N–H and O–H groups in total. The van der Waals surface area contributed by atoms with Gasteiger partial charge in [-0.2, -0.15) is 10.5 Å². The van der Waals surface area contributed by atoms with Crippen molar-refractivity contribution < 1.29 is 9.84 Å². The number of nitrogens with zero attached hydrogens (tertiary/aromatic N) is 6. The van der Waals surface area contributed by atoms with Crippen LogP contribution in [0.3, 0.4) is 0 Å². The minimum absolute atomic E-state index is 0.0218. The minimum atomic E-state index is -0.142. The van der Waals surface area contributed by atoms with E-state index < -0.39 is 0 Å². The number of rotatable bonds is 9. The third kappa shape index (κ3) is 5.95. The Morgan fingerprint density at radius 3 is 2.62 bits per heavy atom. The Balaban J connectivity index is 1.56. The van der Waals surface area contributed by atoms with Gasteiger partial charge in [-0.3, -0.25) is 0 Å². The van der Waals surface area contributed by atoms with Gasteiger partial charge in [0.1, 0.15) is 23.5 Å². The molecule has 3 aromatic heterocycles. The minimum Gasteiger partial charge on any atom is -0.475 e. The number of aliphatic hydroxyl groups excluding tert-OH is 1. The van der Waals surface area contributed by atoms with Crippen molar-refractivity contribution in [3.8, 4) is 29.1 Å². The average molecular weight is 527 g/mol. The van der Waals surface area contributed by atoms with Crippen LogP contribution in [0.2, 0.25) is 0 Å². The summed E-state index contributed by atoms with van der Waals surface area (Å²) in [5, 5.41) is 34.0. The van der Waals surface area contributed by atoms with Crippen molar-refractivity contribution in [3.05, 3.63) is 76.2 Å². The number of aliphatic hydroxyl groups is 1. The van der Waals surface area contributed by atoms with E-state index in [0.717, 1.165) is 11.4 Å². The largest absolute Gasteiger partial charge is 0.475 e. The first-order valence-corrected chi connectivity index (χ1v) is 12.6. The maximum absolute atomic E-state index is 9.98. The Labute approximate surface area is 220 Å². The molecular formula is C25H18N8O2S2. The molecule has 182 valence electrons. The number of anilines is 3. The Hall–Kier alpha value is -4.67. The number of thiazole rings is 1. The monoisotopic (exact) mass is 526 g/mol. The summed E-state index contributed by atoms with van der Waals surface area (Å²) in [6.07, 6.45) is 1.49. The van der Waals surface area contributed by atoms with Gasteiger partial charge in [0.25, 0.3) is 0 Å². The second-order valence-electron chi connectivity index (χ2n) is 7.33. The molecule has 0 spiro atoms. The molecular weight excluding hydrogens is 508 g/mol. The van der Waals surface area contributed by atoms with Crippen LogP contribution in [0.4, 0.5) is 22.3 Å². The van der Waals surface area contributed by atoms with E-state index in [-0.39, 0.29) is 30.3 Å². The van der Waals surface area contributed by atoms with E-state index in [1.807, 2.05) is 5.38 Å². The van der Waals surface area contributed by atoms with E-state index in [4.69, 9.17) is 27.4 Å². The summed E-state index contributed by atoms with van der Waals surface area (Å²) < 4.78 is 5.29. The molecule has 4 aromatic rings. The Morgan fingerprint density at radius 2 is 1.97 bits per heavy atom. The number of thioether (sulfide) groups is 1. The van der Waals surface area contributed by atoms with Crippen LogP contribution < -0.4 is 15.8 Å². The van der Waals surface area contributed by atoms with Crippen LogP contribution in [-0.4, -0.2) is 33.3 Å². The summed E-state index contributed by atoms with van der Waals surface area (Å²) in [6, 6.07) is 14.6. The summed E-state index contributed by atoms with van der Waals surface area (Å²) in [7, 11) is 0. The first-order valence-electron chi connectivity index (χ1n) is 10.7. The molecule has 0 saturated carbocycles. The standard InChI is InChI=1S/C25H18N8O2S2/c1-29-22-21(16-4-7-20(30-12-16)35-9-8-34)19(11-27)24(33-23(22)28)36-13-18-14-37-25(32-18)31-17-5-2-15(10-26)3-6-17/h2-7,12,14,34H,8-9,13H2,(H2,28,33)(H,31,32). The van der Waals surface area contributed by atoms with Gasteiger partial charge in [0, 0.05) is 34.6 Å². The van der Waals surface area contributed by atoms with E-state index >= 15 is 0 Å². The molecule has 0 aliphatic heterocycles. The number of pyridine rings is 2. The first kappa shape index (κ1) is 25.4. The van der Waals surface area contributed by atoms with Gasteiger partial charge in [-0.1, -0.05) is 11.8 Å². The fourth-order valence-electron chi connectivity index (χ4n) is 3.26. The third-order valence-electron chi connectivity index (χ3n) is 4.93.